The second-order valence-electron chi connectivity index (χ2n) is 5.20. The lowest BCUT2D eigenvalue weighted by atomic mass is 9.85. The molecule has 15 heavy (non-hydrogen) atoms. The van der Waals surface area contributed by atoms with Crippen LogP contribution in [0, 0.1) is 5.92 Å². The molecule has 0 saturated carbocycles. The van der Waals surface area contributed by atoms with Crippen molar-refractivity contribution in [3.63, 3.8) is 0 Å². The molecule has 2 rings (SSSR count). The summed E-state index contributed by atoms with van der Waals surface area (Å²) in [6, 6.07) is 8.68. The molecule has 0 aliphatic heterocycles. The van der Waals surface area contributed by atoms with Crippen LogP contribution in [0.25, 0.3) is 0 Å². The third kappa shape index (κ3) is 2.23. The number of nitrogens with two attached hydrogens (primary N) is 1. The molecule has 2 N–H and O–H groups in total. The molecule has 1 unspecified atom stereocenters. The fourth-order valence-corrected chi connectivity index (χ4v) is 2.71. The van der Waals surface area contributed by atoms with E-state index in [0.717, 1.165) is 25.2 Å². The minimum absolute atomic E-state index is 0.0269. The van der Waals surface area contributed by atoms with Gasteiger partial charge in [0.25, 0.3) is 0 Å². The van der Waals surface area contributed by atoms with Gasteiger partial charge in [-0.25, -0.2) is 0 Å². The van der Waals surface area contributed by atoms with E-state index >= 15 is 0 Å². The SMILES string of the molecule is CCC(C)CC1(N)Cc2ccccc2C1. The van der Waals surface area contributed by atoms with E-state index in [2.05, 4.69) is 38.1 Å². The largest absolute Gasteiger partial charge is 0.324 e. The zero-order valence-corrected chi connectivity index (χ0v) is 9.79. The summed E-state index contributed by atoms with van der Waals surface area (Å²) in [6.45, 7) is 4.55. The fraction of sp³-hybridized carbons (Fsp3) is 0.571. The van der Waals surface area contributed by atoms with Gasteiger partial charge < -0.3 is 5.73 Å². The normalized spacial score (nSPS) is 19.9. The molecule has 0 saturated heterocycles. The average Bonchev–Trinajstić information content (AvgIpc) is 2.53. The molecule has 1 aliphatic rings. The van der Waals surface area contributed by atoms with E-state index in [4.69, 9.17) is 5.73 Å². The number of benzene rings is 1. The first-order chi connectivity index (χ1) is 7.13. The molecule has 0 spiro atoms. The van der Waals surface area contributed by atoms with Crippen molar-refractivity contribution in [2.24, 2.45) is 11.7 Å². The minimum Gasteiger partial charge on any atom is -0.324 e. The number of fused-ring (bicyclic) bond motifs is 1. The van der Waals surface area contributed by atoms with E-state index in [1.54, 1.807) is 0 Å². The smallest absolute Gasteiger partial charge is 0.0238 e. The molecule has 0 bridgehead atoms. The maximum atomic E-state index is 6.49. The summed E-state index contributed by atoms with van der Waals surface area (Å²) in [6.07, 6.45) is 4.51. The summed E-state index contributed by atoms with van der Waals surface area (Å²) in [5.41, 5.74) is 9.44. The van der Waals surface area contributed by atoms with Gasteiger partial charge in [0.1, 0.15) is 0 Å². The topological polar surface area (TPSA) is 26.0 Å². The van der Waals surface area contributed by atoms with Crippen molar-refractivity contribution in [3.05, 3.63) is 35.4 Å². The first-order valence-electron chi connectivity index (χ1n) is 5.98. The van der Waals surface area contributed by atoms with Crippen molar-refractivity contribution >= 4 is 0 Å². The Kier molecular flexibility index (Phi) is 2.83. The summed E-state index contributed by atoms with van der Waals surface area (Å²) < 4.78 is 0. The lowest BCUT2D eigenvalue weighted by Crippen LogP contribution is -2.42. The quantitative estimate of drug-likeness (QED) is 0.803. The maximum Gasteiger partial charge on any atom is 0.0238 e. The molecule has 1 aliphatic carbocycles. The number of rotatable bonds is 3. The fourth-order valence-electron chi connectivity index (χ4n) is 2.71. The van der Waals surface area contributed by atoms with E-state index in [0.29, 0.717) is 0 Å². The van der Waals surface area contributed by atoms with E-state index in [-0.39, 0.29) is 5.54 Å². The van der Waals surface area contributed by atoms with Crippen molar-refractivity contribution in [2.75, 3.05) is 0 Å². The van der Waals surface area contributed by atoms with Crippen LogP contribution in [0.15, 0.2) is 24.3 Å². The van der Waals surface area contributed by atoms with Gasteiger partial charge in [-0.1, -0.05) is 44.5 Å². The summed E-state index contributed by atoms with van der Waals surface area (Å²) in [5.74, 6) is 0.740. The number of hydrogen-bond acceptors (Lipinski definition) is 1. The first-order valence-corrected chi connectivity index (χ1v) is 5.98. The molecule has 0 heterocycles. The Labute approximate surface area is 92.7 Å². The Morgan fingerprint density at radius 1 is 1.27 bits per heavy atom. The molecule has 1 heteroatoms. The van der Waals surface area contributed by atoms with Gasteiger partial charge in [-0.3, -0.25) is 0 Å². The van der Waals surface area contributed by atoms with Gasteiger partial charge in [-0.05, 0) is 36.3 Å². The lowest BCUT2D eigenvalue weighted by molar-refractivity contribution is 0.335. The summed E-state index contributed by atoms with van der Waals surface area (Å²) in [4.78, 5) is 0. The predicted molar refractivity (Wildman–Crippen MR) is 64.8 cm³/mol. The van der Waals surface area contributed by atoms with E-state index in [9.17, 15) is 0 Å². The van der Waals surface area contributed by atoms with Gasteiger partial charge in [-0.2, -0.15) is 0 Å². The molecule has 0 aromatic heterocycles. The van der Waals surface area contributed by atoms with Crippen LogP contribution in [0.1, 0.15) is 37.8 Å². The van der Waals surface area contributed by atoms with Crippen molar-refractivity contribution in [2.45, 2.75) is 45.1 Å². The predicted octanol–water partition coefficient (Wildman–Crippen LogP) is 2.92. The van der Waals surface area contributed by atoms with Crippen LogP contribution in [0.2, 0.25) is 0 Å². The van der Waals surface area contributed by atoms with Crippen molar-refractivity contribution < 1.29 is 0 Å². The van der Waals surface area contributed by atoms with Crippen molar-refractivity contribution in [3.8, 4) is 0 Å². The highest BCUT2D eigenvalue weighted by molar-refractivity contribution is 5.35. The van der Waals surface area contributed by atoms with Crippen LogP contribution in [0.5, 0.6) is 0 Å². The Morgan fingerprint density at radius 3 is 2.27 bits per heavy atom. The Morgan fingerprint density at radius 2 is 1.80 bits per heavy atom. The minimum atomic E-state index is 0.0269. The molecule has 0 fully saturated rings. The van der Waals surface area contributed by atoms with Gasteiger partial charge >= 0.3 is 0 Å². The highest BCUT2D eigenvalue weighted by atomic mass is 14.8. The zero-order chi connectivity index (χ0) is 10.9. The highest BCUT2D eigenvalue weighted by Gasteiger charge is 2.33. The maximum absolute atomic E-state index is 6.49. The zero-order valence-electron chi connectivity index (χ0n) is 9.79. The van der Waals surface area contributed by atoms with Crippen LogP contribution in [-0.2, 0) is 12.8 Å². The molecular formula is C14H21N. The van der Waals surface area contributed by atoms with Crippen molar-refractivity contribution in [1.82, 2.24) is 0 Å². The van der Waals surface area contributed by atoms with Crippen LogP contribution in [0.4, 0.5) is 0 Å². The molecule has 1 aromatic carbocycles. The van der Waals surface area contributed by atoms with Gasteiger partial charge in [0.15, 0.2) is 0 Å². The van der Waals surface area contributed by atoms with Crippen LogP contribution < -0.4 is 5.73 Å². The van der Waals surface area contributed by atoms with Crippen LogP contribution in [-0.4, -0.2) is 5.54 Å². The molecule has 0 amide bonds. The summed E-state index contributed by atoms with van der Waals surface area (Å²) >= 11 is 0. The summed E-state index contributed by atoms with van der Waals surface area (Å²) in [7, 11) is 0. The van der Waals surface area contributed by atoms with E-state index in [1.165, 1.54) is 17.5 Å². The third-order valence-corrected chi connectivity index (χ3v) is 3.66. The average molecular weight is 203 g/mol. The molecule has 1 nitrogen and oxygen atoms in total. The second kappa shape index (κ2) is 3.97. The Hall–Kier alpha value is -0.820. The number of hydrogen-bond donors (Lipinski definition) is 1. The Bertz CT molecular complexity index is 318. The molecule has 1 aromatic rings. The van der Waals surface area contributed by atoms with Crippen LogP contribution in [0.3, 0.4) is 0 Å². The third-order valence-electron chi connectivity index (χ3n) is 3.66. The van der Waals surface area contributed by atoms with E-state index < -0.39 is 0 Å². The second-order valence-corrected chi connectivity index (χ2v) is 5.20. The summed E-state index contributed by atoms with van der Waals surface area (Å²) in [5, 5.41) is 0. The molecule has 1 atom stereocenters. The van der Waals surface area contributed by atoms with Gasteiger partial charge in [0.2, 0.25) is 0 Å². The van der Waals surface area contributed by atoms with Gasteiger partial charge in [-0.15, -0.1) is 0 Å². The highest BCUT2D eigenvalue weighted by Crippen LogP contribution is 2.33. The van der Waals surface area contributed by atoms with Crippen molar-refractivity contribution in [1.29, 1.82) is 0 Å². The standard InChI is InChI=1S/C14H21N/c1-3-11(2)8-14(15)9-12-6-4-5-7-13(12)10-14/h4-7,11H,3,8-10,15H2,1-2H3. The van der Waals surface area contributed by atoms with Gasteiger partial charge in [0.05, 0.1) is 0 Å². The molecule has 0 radical (unpaired) electrons. The Balaban J connectivity index is 2.11. The van der Waals surface area contributed by atoms with Gasteiger partial charge in [0, 0.05) is 5.54 Å². The van der Waals surface area contributed by atoms with E-state index in [1.807, 2.05) is 0 Å². The molecular weight excluding hydrogens is 182 g/mol. The first kappa shape index (κ1) is 10.7. The van der Waals surface area contributed by atoms with Crippen LogP contribution >= 0.6 is 0 Å². The monoisotopic (exact) mass is 203 g/mol. The lowest BCUT2D eigenvalue weighted by Gasteiger charge is -2.26. The molecule has 82 valence electrons.